The molecule has 0 spiro atoms. The smallest absolute Gasteiger partial charge is 0.123 e. The van der Waals surface area contributed by atoms with Gasteiger partial charge in [0.05, 0.1) is 11.5 Å². The van der Waals surface area contributed by atoms with Crippen LogP contribution in [0, 0.1) is 22.6 Å². The average molecular weight is 232 g/mol. The lowest BCUT2D eigenvalue weighted by Crippen LogP contribution is -2.37. The molecule has 0 saturated carbocycles. The monoisotopic (exact) mass is 232 g/mol. The lowest BCUT2D eigenvalue weighted by Gasteiger charge is -2.25. The van der Waals surface area contributed by atoms with Crippen molar-refractivity contribution in [1.82, 2.24) is 5.32 Å². The topological polar surface area (TPSA) is 35.8 Å². The molecule has 1 unspecified atom stereocenters. The van der Waals surface area contributed by atoms with E-state index in [9.17, 15) is 4.39 Å². The van der Waals surface area contributed by atoms with Gasteiger partial charge in [-0.1, -0.05) is 12.1 Å². The SMILES string of the molecule is CC(C)(C#N)C1CC[C@@H](c2cccc(F)c2)N1. The number of nitrogens with one attached hydrogen (secondary N) is 1. The van der Waals surface area contributed by atoms with Crippen LogP contribution < -0.4 is 5.32 Å². The molecule has 1 heterocycles. The molecule has 0 amide bonds. The third-order valence-electron chi connectivity index (χ3n) is 3.56. The number of nitriles is 1. The summed E-state index contributed by atoms with van der Waals surface area (Å²) in [5, 5.41) is 12.5. The number of nitrogens with zero attached hydrogens (tertiary/aromatic N) is 1. The van der Waals surface area contributed by atoms with Crippen molar-refractivity contribution in [2.75, 3.05) is 0 Å². The average Bonchev–Trinajstić information content (AvgIpc) is 2.79. The molecule has 1 aromatic carbocycles. The maximum absolute atomic E-state index is 13.1. The minimum Gasteiger partial charge on any atom is -0.306 e. The van der Waals surface area contributed by atoms with Gasteiger partial charge in [0.1, 0.15) is 5.82 Å². The molecular weight excluding hydrogens is 215 g/mol. The van der Waals surface area contributed by atoms with Crippen molar-refractivity contribution in [3.05, 3.63) is 35.6 Å². The molecule has 0 radical (unpaired) electrons. The Labute approximate surface area is 101 Å². The first-order valence-electron chi connectivity index (χ1n) is 5.96. The second-order valence-electron chi connectivity index (χ2n) is 5.24. The van der Waals surface area contributed by atoms with Gasteiger partial charge in [-0.15, -0.1) is 0 Å². The van der Waals surface area contributed by atoms with E-state index < -0.39 is 0 Å². The van der Waals surface area contributed by atoms with Gasteiger partial charge in [-0.05, 0) is 44.4 Å². The molecule has 1 aliphatic heterocycles. The Hall–Kier alpha value is -1.40. The third-order valence-corrected chi connectivity index (χ3v) is 3.56. The predicted octanol–water partition coefficient (Wildman–Crippen LogP) is 3.17. The van der Waals surface area contributed by atoms with E-state index in [0.717, 1.165) is 18.4 Å². The van der Waals surface area contributed by atoms with Gasteiger partial charge in [0, 0.05) is 12.1 Å². The highest BCUT2D eigenvalue weighted by Gasteiger charge is 2.36. The highest BCUT2D eigenvalue weighted by Crippen LogP contribution is 2.34. The summed E-state index contributed by atoms with van der Waals surface area (Å²) in [5.74, 6) is -0.202. The maximum Gasteiger partial charge on any atom is 0.123 e. The second kappa shape index (κ2) is 4.46. The molecule has 1 aliphatic rings. The van der Waals surface area contributed by atoms with Gasteiger partial charge in [-0.2, -0.15) is 5.26 Å². The van der Waals surface area contributed by atoms with Crippen LogP contribution >= 0.6 is 0 Å². The Morgan fingerprint density at radius 3 is 2.82 bits per heavy atom. The van der Waals surface area contributed by atoms with Crippen LogP contribution in [-0.2, 0) is 0 Å². The summed E-state index contributed by atoms with van der Waals surface area (Å²) in [6.45, 7) is 3.89. The lowest BCUT2D eigenvalue weighted by atomic mass is 9.85. The summed E-state index contributed by atoms with van der Waals surface area (Å²) in [5.41, 5.74) is 0.600. The van der Waals surface area contributed by atoms with Crippen LogP contribution in [0.15, 0.2) is 24.3 Å². The van der Waals surface area contributed by atoms with E-state index in [4.69, 9.17) is 5.26 Å². The van der Waals surface area contributed by atoms with Crippen molar-refractivity contribution < 1.29 is 4.39 Å². The molecule has 1 saturated heterocycles. The fourth-order valence-corrected chi connectivity index (χ4v) is 2.38. The Morgan fingerprint density at radius 2 is 2.18 bits per heavy atom. The van der Waals surface area contributed by atoms with E-state index in [2.05, 4.69) is 11.4 Å². The summed E-state index contributed by atoms with van der Waals surface area (Å²) >= 11 is 0. The Balaban J connectivity index is 2.11. The first kappa shape index (κ1) is 12.1. The van der Waals surface area contributed by atoms with E-state index in [0.29, 0.717) is 0 Å². The van der Waals surface area contributed by atoms with E-state index >= 15 is 0 Å². The fraction of sp³-hybridized carbons (Fsp3) is 0.500. The first-order valence-corrected chi connectivity index (χ1v) is 5.96. The molecule has 0 bridgehead atoms. The van der Waals surface area contributed by atoms with Crippen molar-refractivity contribution in [3.8, 4) is 6.07 Å². The van der Waals surface area contributed by atoms with Gasteiger partial charge in [0.15, 0.2) is 0 Å². The van der Waals surface area contributed by atoms with Gasteiger partial charge in [0.25, 0.3) is 0 Å². The number of hydrogen-bond donors (Lipinski definition) is 1. The first-order chi connectivity index (χ1) is 8.03. The molecule has 17 heavy (non-hydrogen) atoms. The van der Waals surface area contributed by atoms with Crippen molar-refractivity contribution in [3.63, 3.8) is 0 Å². The van der Waals surface area contributed by atoms with Crippen molar-refractivity contribution in [2.24, 2.45) is 5.41 Å². The fourth-order valence-electron chi connectivity index (χ4n) is 2.38. The van der Waals surface area contributed by atoms with Crippen LogP contribution in [0.2, 0.25) is 0 Å². The summed E-state index contributed by atoms with van der Waals surface area (Å²) in [6, 6.07) is 9.37. The van der Waals surface area contributed by atoms with E-state index in [-0.39, 0.29) is 23.3 Å². The molecule has 3 heteroatoms. The van der Waals surface area contributed by atoms with E-state index in [1.54, 1.807) is 12.1 Å². The second-order valence-corrected chi connectivity index (χ2v) is 5.24. The zero-order valence-electron chi connectivity index (χ0n) is 10.2. The molecule has 2 nitrogen and oxygen atoms in total. The largest absolute Gasteiger partial charge is 0.306 e. The standard InChI is InChI=1S/C14H17FN2/c1-14(2,9-16)13-7-6-12(17-13)10-4-3-5-11(15)8-10/h3-5,8,12-13,17H,6-7H2,1-2H3/t12-,13?/m0/s1. The van der Waals surface area contributed by atoms with Crippen molar-refractivity contribution >= 4 is 0 Å². The van der Waals surface area contributed by atoms with Crippen molar-refractivity contribution in [2.45, 2.75) is 38.8 Å². The summed E-state index contributed by atoms with van der Waals surface area (Å²) in [4.78, 5) is 0. The van der Waals surface area contributed by atoms with Crippen LogP contribution in [0.25, 0.3) is 0 Å². The number of hydrogen-bond acceptors (Lipinski definition) is 2. The Bertz CT molecular complexity index is 448. The third kappa shape index (κ3) is 2.48. The van der Waals surface area contributed by atoms with Gasteiger partial charge < -0.3 is 5.32 Å². The van der Waals surface area contributed by atoms with Crippen LogP contribution in [0.4, 0.5) is 4.39 Å². The number of rotatable bonds is 2. The van der Waals surface area contributed by atoms with Gasteiger partial charge in [-0.3, -0.25) is 0 Å². The minimum absolute atomic E-state index is 0.170. The molecular formula is C14H17FN2. The van der Waals surface area contributed by atoms with Crippen LogP contribution in [0.1, 0.15) is 38.3 Å². The van der Waals surface area contributed by atoms with Gasteiger partial charge >= 0.3 is 0 Å². The Morgan fingerprint density at radius 1 is 1.41 bits per heavy atom. The highest BCUT2D eigenvalue weighted by molar-refractivity contribution is 5.22. The van der Waals surface area contributed by atoms with Crippen molar-refractivity contribution in [1.29, 1.82) is 5.26 Å². The lowest BCUT2D eigenvalue weighted by molar-refractivity contribution is 0.341. The van der Waals surface area contributed by atoms with Gasteiger partial charge in [0.2, 0.25) is 0 Å². The molecule has 90 valence electrons. The molecule has 2 rings (SSSR count). The van der Waals surface area contributed by atoms with Crippen LogP contribution in [0.5, 0.6) is 0 Å². The van der Waals surface area contributed by atoms with E-state index in [1.807, 2.05) is 19.9 Å². The van der Waals surface area contributed by atoms with E-state index in [1.165, 1.54) is 6.07 Å². The van der Waals surface area contributed by atoms with Crippen LogP contribution in [-0.4, -0.2) is 6.04 Å². The Kier molecular flexibility index (Phi) is 3.17. The summed E-state index contributed by atoms with van der Waals surface area (Å²) in [7, 11) is 0. The molecule has 1 N–H and O–H groups in total. The zero-order chi connectivity index (χ0) is 12.5. The normalized spacial score (nSPS) is 24.6. The maximum atomic E-state index is 13.1. The quantitative estimate of drug-likeness (QED) is 0.850. The molecule has 0 aliphatic carbocycles. The molecule has 0 aromatic heterocycles. The molecule has 1 aromatic rings. The van der Waals surface area contributed by atoms with Gasteiger partial charge in [-0.25, -0.2) is 4.39 Å². The highest BCUT2D eigenvalue weighted by atomic mass is 19.1. The van der Waals surface area contributed by atoms with Crippen LogP contribution in [0.3, 0.4) is 0 Å². The molecule has 1 fully saturated rings. The summed E-state index contributed by atoms with van der Waals surface area (Å²) in [6.07, 6.45) is 1.92. The minimum atomic E-state index is -0.373. The predicted molar refractivity (Wildman–Crippen MR) is 64.7 cm³/mol. The number of halogens is 1. The summed E-state index contributed by atoms with van der Waals surface area (Å²) < 4.78 is 13.1. The number of benzene rings is 1. The molecule has 2 atom stereocenters. The zero-order valence-corrected chi connectivity index (χ0v) is 10.2.